The van der Waals surface area contributed by atoms with Crippen molar-refractivity contribution in [3.8, 4) is 5.88 Å². The molecule has 2 aromatic heterocycles. The van der Waals surface area contributed by atoms with Crippen LogP contribution in [0.5, 0.6) is 5.88 Å². The molecule has 0 bridgehead atoms. The number of thiazole rings is 1. The maximum Gasteiger partial charge on any atom is 0.232 e. The zero-order chi connectivity index (χ0) is 17.1. The highest BCUT2D eigenvalue weighted by molar-refractivity contribution is 7.15. The third-order valence-corrected chi connectivity index (χ3v) is 4.78. The minimum atomic E-state index is -0.0989. The van der Waals surface area contributed by atoms with Gasteiger partial charge in [0.25, 0.3) is 0 Å². The molecule has 1 saturated heterocycles. The number of amides is 1. The summed E-state index contributed by atoms with van der Waals surface area (Å²) < 4.78 is 5.97. The lowest BCUT2D eigenvalue weighted by molar-refractivity contribution is -0.114. The first-order chi connectivity index (χ1) is 11.5. The second kappa shape index (κ2) is 7.23. The third-order valence-electron chi connectivity index (χ3n) is 3.88. The number of likely N-dealkylation sites (tertiary alicyclic amines) is 1. The van der Waals surface area contributed by atoms with Crippen LogP contribution in [0, 0.1) is 6.92 Å². The Morgan fingerprint density at radius 2 is 2.29 bits per heavy atom. The van der Waals surface area contributed by atoms with Crippen LogP contribution in [-0.4, -0.2) is 44.4 Å². The first kappa shape index (κ1) is 16.8. The van der Waals surface area contributed by atoms with E-state index in [1.807, 2.05) is 13.1 Å². The Kier molecular flexibility index (Phi) is 5.06. The van der Waals surface area contributed by atoms with Crippen LogP contribution in [0.1, 0.15) is 30.8 Å². The number of nitrogens with one attached hydrogen (secondary N) is 1. The number of aromatic nitrogens is 3. The predicted octanol–water partition coefficient (Wildman–Crippen LogP) is 2.24. The number of rotatable bonds is 5. The first-order valence-electron chi connectivity index (χ1n) is 7.91. The molecule has 2 aromatic rings. The maximum absolute atomic E-state index is 11.1. The van der Waals surface area contributed by atoms with Gasteiger partial charge in [0.05, 0.1) is 11.9 Å². The van der Waals surface area contributed by atoms with Gasteiger partial charge in [-0.25, -0.2) is 9.97 Å². The molecule has 0 saturated carbocycles. The number of carbonyl (C=O) groups excluding carboxylic acids is 1. The molecule has 2 atom stereocenters. The summed E-state index contributed by atoms with van der Waals surface area (Å²) in [5.74, 6) is 0.484. The topological polar surface area (TPSA) is 80.2 Å². The summed E-state index contributed by atoms with van der Waals surface area (Å²) in [5, 5.41) is 3.36. The largest absolute Gasteiger partial charge is 0.472 e. The van der Waals surface area contributed by atoms with Crippen molar-refractivity contribution in [1.29, 1.82) is 0 Å². The third kappa shape index (κ3) is 4.27. The van der Waals surface area contributed by atoms with Crippen LogP contribution in [-0.2, 0) is 11.3 Å². The van der Waals surface area contributed by atoms with E-state index >= 15 is 0 Å². The van der Waals surface area contributed by atoms with Crippen molar-refractivity contribution in [3.05, 3.63) is 29.2 Å². The second-order valence-corrected chi connectivity index (χ2v) is 7.18. The Morgan fingerprint density at radius 1 is 1.46 bits per heavy atom. The minimum Gasteiger partial charge on any atom is -0.472 e. The molecule has 24 heavy (non-hydrogen) atoms. The van der Waals surface area contributed by atoms with Gasteiger partial charge < -0.3 is 10.1 Å². The van der Waals surface area contributed by atoms with Crippen molar-refractivity contribution >= 4 is 22.4 Å². The maximum atomic E-state index is 11.1. The van der Waals surface area contributed by atoms with E-state index in [0.29, 0.717) is 17.1 Å². The van der Waals surface area contributed by atoms with Gasteiger partial charge in [-0.2, -0.15) is 0 Å². The van der Waals surface area contributed by atoms with Crippen molar-refractivity contribution in [1.82, 2.24) is 19.9 Å². The van der Waals surface area contributed by atoms with Gasteiger partial charge in [-0.15, -0.1) is 11.3 Å². The van der Waals surface area contributed by atoms with Crippen LogP contribution >= 0.6 is 11.3 Å². The molecule has 3 heterocycles. The van der Waals surface area contributed by atoms with Gasteiger partial charge in [0.1, 0.15) is 6.10 Å². The Balaban J connectivity index is 1.57. The van der Waals surface area contributed by atoms with E-state index in [4.69, 9.17) is 4.74 Å². The summed E-state index contributed by atoms with van der Waals surface area (Å²) in [6.45, 7) is 7.22. The van der Waals surface area contributed by atoms with Gasteiger partial charge in [-0.1, -0.05) is 0 Å². The molecule has 1 amide bonds. The van der Waals surface area contributed by atoms with Crippen LogP contribution in [0.15, 0.2) is 18.6 Å². The fourth-order valence-corrected chi connectivity index (χ4v) is 3.69. The summed E-state index contributed by atoms with van der Waals surface area (Å²) in [4.78, 5) is 27.3. The number of hydrogen-bond acceptors (Lipinski definition) is 7. The minimum absolute atomic E-state index is 0.0989. The van der Waals surface area contributed by atoms with Crippen LogP contribution in [0.3, 0.4) is 0 Å². The lowest BCUT2D eigenvalue weighted by atomic mass is 10.2. The molecular weight excluding hydrogens is 326 g/mol. The number of anilines is 1. The fourth-order valence-electron chi connectivity index (χ4n) is 2.81. The van der Waals surface area contributed by atoms with Crippen molar-refractivity contribution in [2.24, 2.45) is 0 Å². The van der Waals surface area contributed by atoms with E-state index in [1.165, 1.54) is 18.3 Å². The molecule has 0 radical (unpaired) electrons. The number of ether oxygens (including phenoxy) is 1. The molecule has 0 spiro atoms. The molecule has 1 aliphatic rings. The normalized spacial score (nSPS) is 21.0. The highest BCUT2D eigenvalue weighted by Crippen LogP contribution is 2.26. The highest BCUT2D eigenvalue weighted by atomic mass is 32.1. The number of carbonyl (C=O) groups is 1. The van der Waals surface area contributed by atoms with E-state index in [9.17, 15) is 4.79 Å². The molecular formula is C16H21N5O2S. The lowest BCUT2D eigenvalue weighted by Gasteiger charge is -2.19. The van der Waals surface area contributed by atoms with Crippen molar-refractivity contribution in [3.63, 3.8) is 0 Å². The second-order valence-electron chi connectivity index (χ2n) is 6.07. The smallest absolute Gasteiger partial charge is 0.232 e. The Bertz CT molecular complexity index is 720. The van der Waals surface area contributed by atoms with Gasteiger partial charge in [-0.3, -0.25) is 14.7 Å². The van der Waals surface area contributed by atoms with E-state index < -0.39 is 0 Å². The predicted molar refractivity (Wildman–Crippen MR) is 92.1 cm³/mol. The van der Waals surface area contributed by atoms with Crippen LogP contribution < -0.4 is 10.1 Å². The van der Waals surface area contributed by atoms with Gasteiger partial charge >= 0.3 is 0 Å². The quantitative estimate of drug-likeness (QED) is 0.893. The fraction of sp³-hybridized carbons (Fsp3) is 0.500. The van der Waals surface area contributed by atoms with Crippen molar-refractivity contribution in [2.45, 2.75) is 45.9 Å². The van der Waals surface area contributed by atoms with E-state index in [2.05, 4.69) is 32.1 Å². The molecule has 3 rings (SSSR count). The number of hydrogen-bond donors (Lipinski definition) is 1. The SMILES string of the molecule is CC(=O)Nc1ncc(CN2C[C@H](Oc3cncc(C)n3)C[C@@H]2C)s1. The molecule has 0 aliphatic carbocycles. The van der Waals surface area contributed by atoms with Crippen molar-refractivity contribution in [2.75, 3.05) is 11.9 Å². The summed E-state index contributed by atoms with van der Waals surface area (Å²) >= 11 is 1.51. The van der Waals surface area contributed by atoms with E-state index in [1.54, 1.807) is 12.4 Å². The Labute approximate surface area is 145 Å². The van der Waals surface area contributed by atoms with E-state index in [-0.39, 0.29) is 12.0 Å². The van der Waals surface area contributed by atoms with Gasteiger partial charge in [0.2, 0.25) is 11.8 Å². The van der Waals surface area contributed by atoms with Gasteiger partial charge in [-0.05, 0) is 13.8 Å². The number of aryl methyl sites for hydroxylation is 1. The standard InChI is InChI=1S/C16H21N5O2S/c1-10-5-17-7-15(19-10)23-13-4-11(2)21(8-13)9-14-6-18-16(24-14)20-12(3)22/h5-7,11,13H,4,8-9H2,1-3H3,(H,18,20,22)/t11-,13+/m0/s1. The van der Waals surface area contributed by atoms with Gasteiger partial charge in [0, 0.05) is 49.7 Å². The Morgan fingerprint density at radius 3 is 3.04 bits per heavy atom. The molecule has 7 nitrogen and oxygen atoms in total. The Hall–Kier alpha value is -2.06. The molecule has 1 aliphatic heterocycles. The molecule has 0 unspecified atom stereocenters. The summed E-state index contributed by atoms with van der Waals surface area (Å²) in [6.07, 6.45) is 6.25. The average molecular weight is 347 g/mol. The van der Waals surface area contributed by atoms with E-state index in [0.717, 1.165) is 30.1 Å². The lowest BCUT2D eigenvalue weighted by Crippen LogP contribution is -2.27. The zero-order valence-electron chi connectivity index (χ0n) is 14.0. The zero-order valence-corrected chi connectivity index (χ0v) is 14.8. The summed E-state index contributed by atoms with van der Waals surface area (Å²) in [6, 6.07) is 0.416. The monoisotopic (exact) mass is 347 g/mol. The molecule has 0 aromatic carbocycles. The molecule has 1 N–H and O–H groups in total. The molecule has 1 fully saturated rings. The molecule has 8 heteroatoms. The van der Waals surface area contributed by atoms with Crippen LogP contribution in [0.4, 0.5) is 5.13 Å². The highest BCUT2D eigenvalue weighted by Gasteiger charge is 2.31. The first-order valence-corrected chi connectivity index (χ1v) is 8.73. The van der Waals surface area contributed by atoms with Crippen LogP contribution in [0.25, 0.3) is 0 Å². The summed E-state index contributed by atoms with van der Waals surface area (Å²) in [7, 11) is 0. The van der Waals surface area contributed by atoms with Gasteiger partial charge in [0.15, 0.2) is 5.13 Å². The van der Waals surface area contributed by atoms with Crippen LogP contribution in [0.2, 0.25) is 0 Å². The molecule has 128 valence electrons. The number of nitrogens with zero attached hydrogens (tertiary/aromatic N) is 4. The average Bonchev–Trinajstić information content (AvgIpc) is 3.06. The summed E-state index contributed by atoms with van der Waals surface area (Å²) in [5.41, 5.74) is 0.852. The van der Waals surface area contributed by atoms with Crippen molar-refractivity contribution < 1.29 is 9.53 Å².